The number of carbonyl (C=O) groups excluding carboxylic acids is 2. The highest BCUT2D eigenvalue weighted by Crippen LogP contribution is 2.22. The topological polar surface area (TPSA) is 159 Å². The van der Waals surface area contributed by atoms with E-state index in [2.05, 4.69) is 79.7 Å². The Morgan fingerprint density at radius 2 is 1.22 bits per heavy atom. The maximum Gasteiger partial charge on any atom is 0.371 e. The summed E-state index contributed by atoms with van der Waals surface area (Å²) < 4.78 is 16.6. The normalized spacial score (nSPS) is 10.6. The van der Waals surface area contributed by atoms with Gasteiger partial charge in [-0.2, -0.15) is 0 Å². The molecule has 0 spiro atoms. The Morgan fingerprint density at radius 3 is 1.59 bits per heavy atom. The minimum absolute atomic E-state index is 0. The number of hydrogen-bond donors (Lipinski definition) is 4. The van der Waals surface area contributed by atoms with E-state index in [-0.39, 0.29) is 25.3 Å². The lowest BCUT2D eigenvalue weighted by atomic mass is 9.99. The number of quaternary nitrogens is 1. The van der Waals surface area contributed by atoms with Gasteiger partial charge in [-0.3, -0.25) is 4.79 Å². The second-order valence-electron chi connectivity index (χ2n) is 10.7. The van der Waals surface area contributed by atoms with Crippen LogP contribution in [0.3, 0.4) is 0 Å². The van der Waals surface area contributed by atoms with Crippen molar-refractivity contribution in [3.05, 3.63) is 131 Å². The van der Waals surface area contributed by atoms with Gasteiger partial charge in [0.1, 0.15) is 18.0 Å². The van der Waals surface area contributed by atoms with Crippen molar-refractivity contribution in [2.45, 2.75) is 46.2 Å². The van der Waals surface area contributed by atoms with Gasteiger partial charge >= 0.3 is 11.9 Å². The average Bonchev–Trinajstić information content (AvgIpc) is 3.11. The van der Waals surface area contributed by atoms with Crippen LogP contribution < -0.4 is 20.0 Å². The van der Waals surface area contributed by atoms with Gasteiger partial charge in [-0.15, -0.1) is 0 Å². The number of benzene rings is 4. The Hall–Kier alpha value is -3.61. The molecule has 13 heteroatoms. The standard InChI is InChI=1S/C18H20INO4.C16H18INO2.C3H4O3.CH4/c1-24-15-8-5-13(6-9-15)7-10-16-14(3-2-4-17(16)19)11-20(23)12-18(21)22;1-20-14-8-5-12(6-9-14)7-10-15-13(11-18-19)3-2-4-16(15)17;1-6-3(5)2-4;/h2-6,8-9,20H,7,10-12H2,1H3,(H,21,22);2-6,8-9,18-19H,7,10-11H2,1H3;2H,1H3;1H4. The summed E-state index contributed by atoms with van der Waals surface area (Å²) in [6.45, 7) is 0.221. The molecule has 0 heterocycles. The summed E-state index contributed by atoms with van der Waals surface area (Å²) in [5.41, 5.74) is 9.20. The molecule has 0 fully saturated rings. The number of methoxy groups -OCH3 is 3. The number of rotatable bonds is 15. The van der Waals surface area contributed by atoms with Gasteiger partial charge in [0.15, 0.2) is 6.54 Å². The van der Waals surface area contributed by atoms with E-state index in [0.29, 0.717) is 6.54 Å². The van der Waals surface area contributed by atoms with Crippen LogP contribution in [-0.4, -0.2) is 56.4 Å². The minimum Gasteiger partial charge on any atom is -0.634 e. The Morgan fingerprint density at radius 1 is 0.765 bits per heavy atom. The van der Waals surface area contributed by atoms with E-state index in [0.717, 1.165) is 64.6 Å². The van der Waals surface area contributed by atoms with Gasteiger partial charge in [-0.1, -0.05) is 56.0 Å². The van der Waals surface area contributed by atoms with Crippen molar-refractivity contribution in [3.8, 4) is 11.5 Å². The van der Waals surface area contributed by atoms with Crippen LogP contribution in [0, 0.1) is 12.3 Å². The highest BCUT2D eigenvalue weighted by molar-refractivity contribution is 14.1. The Kier molecular flexibility index (Phi) is 22.6. The van der Waals surface area contributed by atoms with Crippen LogP contribution in [0.2, 0.25) is 0 Å². The number of aldehydes is 1. The first kappa shape index (κ1) is 45.4. The smallest absolute Gasteiger partial charge is 0.371 e. The zero-order chi connectivity index (χ0) is 36.9. The van der Waals surface area contributed by atoms with Crippen molar-refractivity contribution in [2.75, 3.05) is 27.9 Å². The second kappa shape index (κ2) is 25.4. The van der Waals surface area contributed by atoms with Crippen LogP contribution in [-0.2, 0) is 57.9 Å². The molecule has 4 aromatic rings. The molecule has 1 unspecified atom stereocenters. The number of aryl methyl sites for hydroxylation is 2. The van der Waals surface area contributed by atoms with Crippen molar-refractivity contribution in [1.82, 2.24) is 5.48 Å². The molecule has 0 amide bonds. The van der Waals surface area contributed by atoms with Gasteiger partial charge in [0.05, 0.1) is 21.3 Å². The van der Waals surface area contributed by atoms with E-state index in [4.69, 9.17) is 19.8 Å². The molecule has 0 aliphatic heterocycles. The van der Waals surface area contributed by atoms with E-state index in [1.165, 1.54) is 20.3 Å². The van der Waals surface area contributed by atoms with Gasteiger partial charge in [-0.05, 0) is 135 Å². The lowest BCUT2D eigenvalue weighted by Crippen LogP contribution is -3.06. The summed E-state index contributed by atoms with van der Waals surface area (Å²) in [5, 5.41) is 29.2. The number of carboxylic acid groups (broad SMARTS) is 1. The highest BCUT2D eigenvalue weighted by atomic mass is 127. The molecule has 11 nitrogen and oxygen atoms in total. The Labute approximate surface area is 327 Å². The molecule has 1 atom stereocenters. The average molecular weight is 929 g/mol. The van der Waals surface area contributed by atoms with Gasteiger partial charge in [0, 0.05) is 19.2 Å². The first-order valence-electron chi connectivity index (χ1n) is 15.5. The van der Waals surface area contributed by atoms with Gasteiger partial charge < -0.3 is 34.8 Å². The van der Waals surface area contributed by atoms with Crippen molar-refractivity contribution in [1.29, 1.82) is 0 Å². The zero-order valence-corrected chi connectivity index (χ0v) is 32.4. The number of halogens is 2. The third kappa shape index (κ3) is 17.0. The third-order valence-electron chi connectivity index (χ3n) is 7.38. The Bertz CT molecular complexity index is 1640. The van der Waals surface area contributed by atoms with E-state index < -0.39 is 18.5 Å². The maximum atomic E-state index is 11.8. The van der Waals surface area contributed by atoms with Gasteiger partial charge in [0.25, 0.3) is 0 Å². The molecular formula is C38H46I2N2O9. The minimum atomic E-state index is -1.08. The lowest BCUT2D eigenvalue weighted by Gasteiger charge is -2.22. The molecular weight excluding hydrogens is 882 g/mol. The largest absolute Gasteiger partial charge is 0.634 e. The van der Waals surface area contributed by atoms with Crippen molar-refractivity contribution >= 4 is 63.4 Å². The SMILES string of the molecule is C.COC(=O)C=O.COc1ccc(CCc2c(I)cccc2CNO)cc1.COc1ccc(CCc2c(I)cccc2C[NH+]([O-])CC(=O)O)cc1. The van der Waals surface area contributed by atoms with Crippen molar-refractivity contribution in [2.24, 2.45) is 0 Å². The molecule has 0 aliphatic rings. The third-order valence-corrected chi connectivity index (χ3v) is 9.40. The van der Waals surface area contributed by atoms with Crippen LogP contribution in [0.4, 0.5) is 0 Å². The number of ether oxygens (including phenoxy) is 3. The summed E-state index contributed by atoms with van der Waals surface area (Å²) in [5.74, 6) is -0.207. The van der Waals surface area contributed by atoms with E-state index in [9.17, 15) is 19.6 Å². The first-order chi connectivity index (χ1) is 24.0. The van der Waals surface area contributed by atoms with Crippen molar-refractivity contribution < 1.29 is 44.0 Å². The molecule has 4 aromatic carbocycles. The summed E-state index contributed by atoms with van der Waals surface area (Å²) in [4.78, 5) is 29.5. The fourth-order valence-corrected chi connectivity index (χ4v) is 6.45. The molecule has 51 heavy (non-hydrogen) atoms. The molecule has 0 bridgehead atoms. The molecule has 0 aliphatic carbocycles. The van der Waals surface area contributed by atoms with E-state index in [1.54, 1.807) is 14.2 Å². The molecule has 0 aromatic heterocycles. The van der Waals surface area contributed by atoms with E-state index >= 15 is 0 Å². The number of carbonyl (C=O) groups is 3. The number of esters is 1. The maximum absolute atomic E-state index is 11.8. The number of aliphatic carboxylic acids is 1. The van der Waals surface area contributed by atoms with Crippen LogP contribution in [0.15, 0.2) is 84.9 Å². The summed E-state index contributed by atoms with van der Waals surface area (Å²) in [6.07, 6.45) is 3.70. The summed E-state index contributed by atoms with van der Waals surface area (Å²) in [6, 6.07) is 28.1. The quantitative estimate of drug-likeness (QED) is 0.0389. The van der Waals surface area contributed by atoms with Crippen LogP contribution >= 0.6 is 45.2 Å². The second-order valence-corrected chi connectivity index (χ2v) is 13.0. The van der Waals surface area contributed by atoms with Crippen LogP contribution in [0.1, 0.15) is 40.8 Å². The predicted octanol–water partition coefficient (Wildman–Crippen LogP) is 5.61. The number of hydroxylamine groups is 3. The molecule has 4 rings (SSSR count). The number of carboxylic acids is 1. The van der Waals surface area contributed by atoms with E-state index in [1.807, 2.05) is 60.7 Å². The molecule has 276 valence electrons. The summed E-state index contributed by atoms with van der Waals surface area (Å²) in [7, 11) is 4.47. The molecule has 0 saturated heterocycles. The monoisotopic (exact) mass is 928 g/mol. The summed E-state index contributed by atoms with van der Waals surface area (Å²) >= 11 is 4.61. The molecule has 0 saturated carbocycles. The van der Waals surface area contributed by atoms with Gasteiger partial charge in [-0.25, -0.2) is 15.1 Å². The lowest BCUT2D eigenvalue weighted by molar-refractivity contribution is -0.854. The molecule has 4 N–H and O–H groups in total. The van der Waals surface area contributed by atoms with Crippen LogP contribution in [0.25, 0.3) is 0 Å². The fourth-order valence-electron chi connectivity index (χ4n) is 4.80. The molecule has 0 radical (unpaired) electrons. The van der Waals surface area contributed by atoms with Crippen LogP contribution in [0.5, 0.6) is 11.5 Å². The zero-order valence-electron chi connectivity index (χ0n) is 28.1. The fraction of sp³-hybridized carbons (Fsp3) is 0.289. The first-order valence-corrected chi connectivity index (χ1v) is 17.6. The highest BCUT2D eigenvalue weighted by Gasteiger charge is 2.12. The van der Waals surface area contributed by atoms with Crippen molar-refractivity contribution in [3.63, 3.8) is 0 Å². The number of nitrogens with one attached hydrogen (secondary N) is 2. The number of hydrogen-bond acceptors (Lipinski definition) is 9. The van der Waals surface area contributed by atoms with Gasteiger partial charge in [0.2, 0.25) is 6.29 Å². The predicted molar refractivity (Wildman–Crippen MR) is 213 cm³/mol. The Balaban J connectivity index is 0.000000437.